The van der Waals surface area contributed by atoms with Crippen LogP contribution in [0.25, 0.3) is 0 Å². The highest BCUT2D eigenvalue weighted by Crippen LogP contribution is 2.33. The minimum atomic E-state index is -4.63. The Balaban J connectivity index is 2.02. The van der Waals surface area contributed by atoms with Crippen molar-refractivity contribution in [1.82, 2.24) is 0 Å². The van der Waals surface area contributed by atoms with Crippen molar-refractivity contribution in [3.05, 3.63) is 94.8 Å². The molecule has 0 heterocycles. The fourth-order valence-electron chi connectivity index (χ4n) is 3.36. The molecule has 0 fully saturated rings. The van der Waals surface area contributed by atoms with Crippen molar-refractivity contribution in [2.24, 2.45) is 0 Å². The van der Waals surface area contributed by atoms with Crippen molar-refractivity contribution in [2.45, 2.75) is 26.2 Å². The first-order chi connectivity index (χ1) is 14.9. The van der Waals surface area contributed by atoms with Gasteiger partial charge in [0.1, 0.15) is 5.82 Å². The summed E-state index contributed by atoms with van der Waals surface area (Å²) in [4.78, 5) is 1.80. The lowest BCUT2D eigenvalue weighted by atomic mass is 10.1. The van der Waals surface area contributed by atoms with Crippen LogP contribution in [0, 0.1) is 12.7 Å². The Morgan fingerprint density at radius 3 is 2.22 bits per heavy atom. The van der Waals surface area contributed by atoms with E-state index in [1.54, 1.807) is 30.0 Å². The number of benzene rings is 3. The molecule has 1 N–H and O–H groups in total. The van der Waals surface area contributed by atoms with E-state index in [0.717, 1.165) is 24.0 Å². The molecule has 0 amide bonds. The standard InChI is InChI=1S/C23H22F4N2O2S/c1-16-21(28-32(2,30)31)9-6-10-22(16)29(14-17-7-4-3-5-8-17)15-18-11-12-19(13-20(18)24)23(25,26)27/h3-13,28H,14-15H2,1-2H3. The summed E-state index contributed by atoms with van der Waals surface area (Å²) in [5.74, 6) is -0.957. The maximum atomic E-state index is 14.6. The highest BCUT2D eigenvalue weighted by atomic mass is 32.2. The summed E-state index contributed by atoms with van der Waals surface area (Å²) in [7, 11) is -3.52. The Labute approximate surface area is 184 Å². The third kappa shape index (κ3) is 6.00. The molecule has 0 saturated heterocycles. The van der Waals surface area contributed by atoms with E-state index in [1.807, 2.05) is 30.3 Å². The zero-order chi connectivity index (χ0) is 23.5. The zero-order valence-corrected chi connectivity index (χ0v) is 18.3. The molecule has 0 radical (unpaired) electrons. The lowest BCUT2D eigenvalue weighted by Gasteiger charge is -2.28. The number of sulfonamides is 1. The summed E-state index contributed by atoms with van der Waals surface area (Å²) in [6.07, 6.45) is -3.59. The van der Waals surface area contributed by atoms with Gasteiger partial charge < -0.3 is 4.90 Å². The van der Waals surface area contributed by atoms with E-state index in [9.17, 15) is 26.0 Å². The molecule has 0 unspecified atom stereocenters. The molecule has 0 aliphatic heterocycles. The van der Waals surface area contributed by atoms with Gasteiger partial charge in [0.05, 0.1) is 17.5 Å². The van der Waals surface area contributed by atoms with E-state index in [0.29, 0.717) is 29.5 Å². The smallest absolute Gasteiger partial charge is 0.362 e. The number of hydrogen-bond acceptors (Lipinski definition) is 3. The SMILES string of the molecule is Cc1c(NS(C)(=O)=O)cccc1N(Cc1ccccc1)Cc1ccc(C(F)(F)F)cc1F. The number of nitrogens with zero attached hydrogens (tertiary/aromatic N) is 1. The molecule has 0 atom stereocenters. The monoisotopic (exact) mass is 466 g/mol. The number of anilines is 2. The van der Waals surface area contributed by atoms with E-state index in [4.69, 9.17) is 0 Å². The fourth-order valence-corrected chi connectivity index (χ4v) is 3.98. The Morgan fingerprint density at radius 1 is 0.938 bits per heavy atom. The van der Waals surface area contributed by atoms with Crippen molar-refractivity contribution in [2.75, 3.05) is 15.9 Å². The Morgan fingerprint density at radius 2 is 1.62 bits per heavy atom. The molecule has 4 nitrogen and oxygen atoms in total. The van der Waals surface area contributed by atoms with Crippen LogP contribution in [0.15, 0.2) is 66.7 Å². The normalized spacial score (nSPS) is 11.9. The minimum Gasteiger partial charge on any atom is -0.362 e. The van der Waals surface area contributed by atoms with Gasteiger partial charge in [0.15, 0.2) is 0 Å². The lowest BCUT2D eigenvalue weighted by Crippen LogP contribution is -2.24. The van der Waals surface area contributed by atoms with Gasteiger partial charge in [-0.3, -0.25) is 4.72 Å². The summed E-state index contributed by atoms with van der Waals surface area (Å²) in [6, 6.07) is 16.8. The van der Waals surface area contributed by atoms with Crippen LogP contribution < -0.4 is 9.62 Å². The summed E-state index contributed by atoms with van der Waals surface area (Å²) in [6.45, 7) is 2.05. The largest absolute Gasteiger partial charge is 0.416 e. The minimum absolute atomic E-state index is 0.0119. The predicted molar refractivity (Wildman–Crippen MR) is 117 cm³/mol. The molecule has 3 aromatic carbocycles. The number of nitrogens with one attached hydrogen (secondary N) is 1. The van der Waals surface area contributed by atoms with E-state index < -0.39 is 27.6 Å². The quantitative estimate of drug-likeness (QED) is 0.453. The van der Waals surface area contributed by atoms with Crippen LogP contribution in [0.3, 0.4) is 0 Å². The Hall–Kier alpha value is -3.07. The number of alkyl halides is 3. The first-order valence-corrected chi connectivity index (χ1v) is 11.5. The average Bonchev–Trinajstić information content (AvgIpc) is 2.69. The van der Waals surface area contributed by atoms with Crippen molar-refractivity contribution in [3.63, 3.8) is 0 Å². The molecule has 0 bridgehead atoms. The third-order valence-electron chi connectivity index (χ3n) is 4.90. The van der Waals surface area contributed by atoms with Crippen molar-refractivity contribution in [1.29, 1.82) is 0 Å². The summed E-state index contributed by atoms with van der Waals surface area (Å²) >= 11 is 0. The summed E-state index contributed by atoms with van der Waals surface area (Å²) in [5, 5.41) is 0. The molecule has 3 aromatic rings. The first kappa shape index (κ1) is 23.6. The van der Waals surface area contributed by atoms with Crippen LogP contribution >= 0.6 is 0 Å². The lowest BCUT2D eigenvalue weighted by molar-refractivity contribution is -0.137. The van der Waals surface area contributed by atoms with E-state index in [-0.39, 0.29) is 12.1 Å². The molecule has 170 valence electrons. The van der Waals surface area contributed by atoms with E-state index in [2.05, 4.69) is 4.72 Å². The van der Waals surface area contributed by atoms with Crippen molar-refractivity contribution in [3.8, 4) is 0 Å². The molecule has 0 aromatic heterocycles. The van der Waals surface area contributed by atoms with Crippen LogP contribution in [0.5, 0.6) is 0 Å². The van der Waals surface area contributed by atoms with E-state index in [1.165, 1.54) is 0 Å². The topological polar surface area (TPSA) is 49.4 Å². The molecule has 0 aliphatic rings. The molecule has 9 heteroatoms. The predicted octanol–water partition coefficient (Wildman–Crippen LogP) is 5.73. The summed E-state index contributed by atoms with van der Waals surface area (Å²) < 4.78 is 79.2. The van der Waals surface area contributed by atoms with Gasteiger partial charge in [0.2, 0.25) is 10.0 Å². The Bertz CT molecular complexity index is 1200. The van der Waals surface area contributed by atoms with Crippen molar-refractivity contribution >= 4 is 21.4 Å². The van der Waals surface area contributed by atoms with Gasteiger partial charge in [-0.1, -0.05) is 42.5 Å². The van der Waals surface area contributed by atoms with E-state index >= 15 is 0 Å². The van der Waals surface area contributed by atoms with Gasteiger partial charge in [-0.15, -0.1) is 0 Å². The van der Waals surface area contributed by atoms with Crippen LogP contribution in [-0.4, -0.2) is 14.7 Å². The second kappa shape index (κ2) is 9.20. The molecular formula is C23H22F4N2O2S. The van der Waals surface area contributed by atoms with Gasteiger partial charge >= 0.3 is 6.18 Å². The molecule has 0 spiro atoms. The number of hydrogen-bond donors (Lipinski definition) is 1. The molecule has 0 aliphatic carbocycles. The third-order valence-corrected chi connectivity index (χ3v) is 5.49. The zero-order valence-electron chi connectivity index (χ0n) is 17.4. The van der Waals surface area contributed by atoms with Gasteiger partial charge in [-0.05, 0) is 42.3 Å². The van der Waals surface area contributed by atoms with Crippen LogP contribution in [0.1, 0.15) is 22.3 Å². The van der Waals surface area contributed by atoms with Crippen molar-refractivity contribution < 1.29 is 26.0 Å². The number of halogens is 4. The van der Waals surface area contributed by atoms with Gasteiger partial charge in [0, 0.05) is 24.3 Å². The molecule has 0 saturated carbocycles. The van der Waals surface area contributed by atoms with Crippen LogP contribution in [-0.2, 0) is 29.3 Å². The maximum Gasteiger partial charge on any atom is 0.416 e. The average molecular weight is 467 g/mol. The fraction of sp³-hybridized carbons (Fsp3) is 0.217. The first-order valence-electron chi connectivity index (χ1n) is 9.66. The second-order valence-electron chi connectivity index (χ2n) is 7.47. The molecule has 3 rings (SSSR count). The number of rotatable bonds is 7. The maximum absolute atomic E-state index is 14.6. The van der Waals surface area contributed by atoms with Crippen LogP contribution in [0.4, 0.5) is 28.9 Å². The summed E-state index contributed by atoms with van der Waals surface area (Å²) in [5.41, 5.74) is 1.55. The highest BCUT2D eigenvalue weighted by molar-refractivity contribution is 7.92. The second-order valence-corrected chi connectivity index (χ2v) is 9.22. The van der Waals surface area contributed by atoms with Gasteiger partial charge in [0.25, 0.3) is 0 Å². The molecule has 32 heavy (non-hydrogen) atoms. The Kier molecular flexibility index (Phi) is 6.78. The highest BCUT2D eigenvalue weighted by Gasteiger charge is 2.31. The van der Waals surface area contributed by atoms with Gasteiger partial charge in [-0.2, -0.15) is 13.2 Å². The van der Waals surface area contributed by atoms with Crippen LogP contribution in [0.2, 0.25) is 0 Å². The van der Waals surface area contributed by atoms with Gasteiger partial charge in [-0.25, -0.2) is 12.8 Å². The molecular weight excluding hydrogens is 444 g/mol.